The molecular formula is C17H26N4O2. The normalized spacial score (nSPS) is 24.8. The molecule has 2 saturated heterocycles. The molecule has 0 radical (unpaired) electrons. The van der Waals surface area contributed by atoms with Gasteiger partial charge in [-0.25, -0.2) is 9.78 Å². The number of rotatable bonds is 2. The highest BCUT2D eigenvalue weighted by molar-refractivity contribution is 5.90. The number of aryl methyl sites for hydroxylation is 1. The zero-order valence-electron chi connectivity index (χ0n) is 14.2. The molecule has 126 valence electrons. The topological polar surface area (TPSA) is 57.7 Å². The lowest BCUT2D eigenvalue weighted by atomic mass is 10.1. The summed E-state index contributed by atoms with van der Waals surface area (Å²) in [6, 6.07) is 3.95. The quantitative estimate of drug-likeness (QED) is 0.911. The highest BCUT2D eigenvalue weighted by atomic mass is 16.5. The summed E-state index contributed by atoms with van der Waals surface area (Å²) in [6.45, 7) is 9.32. The Morgan fingerprint density at radius 3 is 2.70 bits per heavy atom. The number of amides is 2. The van der Waals surface area contributed by atoms with Crippen molar-refractivity contribution in [1.29, 1.82) is 0 Å². The molecule has 0 saturated carbocycles. The van der Waals surface area contributed by atoms with Crippen molar-refractivity contribution in [1.82, 2.24) is 9.88 Å². The van der Waals surface area contributed by atoms with Crippen molar-refractivity contribution in [3.05, 3.63) is 17.8 Å². The van der Waals surface area contributed by atoms with E-state index in [0.717, 1.165) is 30.3 Å². The van der Waals surface area contributed by atoms with Crippen molar-refractivity contribution < 1.29 is 9.53 Å². The summed E-state index contributed by atoms with van der Waals surface area (Å²) in [5.41, 5.74) is 1.64. The number of nitrogens with one attached hydrogen (secondary N) is 1. The fraction of sp³-hybridized carbons (Fsp3) is 0.647. The van der Waals surface area contributed by atoms with E-state index in [1.807, 2.05) is 37.8 Å². The number of urea groups is 1. The van der Waals surface area contributed by atoms with Crippen LogP contribution in [0.4, 0.5) is 16.3 Å². The Morgan fingerprint density at radius 1 is 1.26 bits per heavy atom. The molecule has 0 aromatic carbocycles. The number of carbonyl (C=O) groups is 1. The number of morpholine rings is 1. The molecule has 0 aliphatic carbocycles. The van der Waals surface area contributed by atoms with E-state index >= 15 is 0 Å². The number of pyridine rings is 1. The van der Waals surface area contributed by atoms with Gasteiger partial charge in [0.05, 0.1) is 30.1 Å². The van der Waals surface area contributed by atoms with E-state index in [4.69, 9.17) is 4.74 Å². The second kappa shape index (κ2) is 6.74. The van der Waals surface area contributed by atoms with Crippen LogP contribution in [0.15, 0.2) is 12.1 Å². The molecule has 23 heavy (non-hydrogen) atoms. The molecule has 3 rings (SSSR count). The van der Waals surface area contributed by atoms with Crippen LogP contribution in [-0.2, 0) is 4.74 Å². The second-order valence-corrected chi connectivity index (χ2v) is 6.44. The molecule has 1 N–H and O–H groups in total. The van der Waals surface area contributed by atoms with Crippen molar-refractivity contribution in [3.8, 4) is 0 Å². The maximum absolute atomic E-state index is 12.5. The summed E-state index contributed by atoms with van der Waals surface area (Å²) in [7, 11) is 0. The van der Waals surface area contributed by atoms with Crippen LogP contribution in [-0.4, -0.2) is 54.3 Å². The summed E-state index contributed by atoms with van der Waals surface area (Å²) in [6.07, 6.45) is 2.52. The average molecular weight is 318 g/mol. The predicted molar refractivity (Wildman–Crippen MR) is 91.0 cm³/mol. The Balaban J connectivity index is 1.68. The minimum atomic E-state index is -0.0773. The molecule has 1 aromatic heterocycles. The Kier molecular flexibility index (Phi) is 4.71. The molecule has 3 heterocycles. The second-order valence-electron chi connectivity index (χ2n) is 6.44. The minimum absolute atomic E-state index is 0.0614. The number of hydrogen-bond acceptors (Lipinski definition) is 4. The summed E-state index contributed by atoms with van der Waals surface area (Å²) < 4.78 is 5.58. The Labute approximate surface area is 137 Å². The predicted octanol–water partition coefficient (Wildman–Crippen LogP) is 2.63. The first kappa shape index (κ1) is 16.1. The molecule has 2 atom stereocenters. The van der Waals surface area contributed by atoms with Crippen molar-refractivity contribution in [2.45, 2.75) is 45.8 Å². The van der Waals surface area contributed by atoms with Gasteiger partial charge in [-0.1, -0.05) is 0 Å². The van der Waals surface area contributed by atoms with Crippen LogP contribution < -0.4 is 10.2 Å². The summed E-state index contributed by atoms with van der Waals surface area (Å²) in [5, 5.41) is 3.00. The molecule has 2 amide bonds. The van der Waals surface area contributed by atoms with Gasteiger partial charge in [0.25, 0.3) is 0 Å². The van der Waals surface area contributed by atoms with Gasteiger partial charge >= 0.3 is 6.03 Å². The van der Waals surface area contributed by atoms with Gasteiger partial charge in [0.15, 0.2) is 0 Å². The van der Waals surface area contributed by atoms with Gasteiger partial charge in [-0.15, -0.1) is 0 Å². The van der Waals surface area contributed by atoms with Crippen molar-refractivity contribution in [2.75, 3.05) is 36.5 Å². The van der Waals surface area contributed by atoms with Crippen LogP contribution in [0.25, 0.3) is 0 Å². The maximum atomic E-state index is 12.5. The molecule has 0 unspecified atom stereocenters. The van der Waals surface area contributed by atoms with E-state index < -0.39 is 0 Å². The first-order valence-corrected chi connectivity index (χ1v) is 8.48. The van der Waals surface area contributed by atoms with Gasteiger partial charge in [-0.2, -0.15) is 0 Å². The largest absolute Gasteiger partial charge is 0.375 e. The third-order valence-electron chi connectivity index (χ3n) is 4.89. The molecular weight excluding hydrogens is 292 g/mol. The van der Waals surface area contributed by atoms with Crippen molar-refractivity contribution in [2.24, 2.45) is 0 Å². The lowest BCUT2D eigenvalue weighted by Crippen LogP contribution is -2.52. The first-order chi connectivity index (χ1) is 11.1. The lowest BCUT2D eigenvalue weighted by molar-refractivity contribution is -0.0355. The number of anilines is 2. The van der Waals surface area contributed by atoms with Gasteiger partial charge in [0.1, 0.15) is 5.82 Å². The molecule has 6 nitrogen and oxygen atoms in total. The van der Waals surface area contributed by atoms with Crippen LogP contribution in [0.5, 0.6) is 0 Å². The van der Waals surface area contributed by atoms with E-state index in [9.17, 15) is 4.79 Å². The monoisotopic (exact) mass is 318 g/mol. The van der Waals surface area contributed by atoms with E-state index in [0.29, 0.717) is 13.2 Å². The Hall–Kier alpha value is -1.82. The van der Waals surface area contributed by atoms with Crippen molar-refractivity contribution in [3.63, 3.8) is 0 Å². The number of ether oxygens (including phenoxy) is 1. The van der Waals surface area contributed by atoms with Gasteiger partial charge in [0.2, 0.25) is 0 Å². The molecule has 0 bridgehead atoms. The van der Waals surface area contributed by atoms with Crippen LogP contribution in [0.3, 0.4) is 0 Å². The SMILES string of the molecule is Cc1nc(N2CCCC2)ccc1NC(=O)N1CCO[C@@H](C)[C@@H]1C. The van der Waals surface area contributed by atoms with Gasteiger partial charge in [-0.3, -0.25) is 0 Å². The third-order valence-corrected chi connectivity index (χ3v) is 4.89. The van der Waals surface area contributed by atoms with Gasteiger partial charge in [-0.05, 0) is 45.7 Å². The molecule has 1 aromatic rings. The Morgan fingerprint density at radius 2 is 2.00 bits per heavy atom. The number of hydrogen-bond donors (Lipinski definition) is 1. The number of carbonyl (C=O) groups excluding carboxylic acids is 1. The van der Waals surface area contributed by atoms with Gasteiger partial charge < -0.3 is 19.9 Å². The van der Waals surface area contributed by atoms with Gasteiger partial charge in [0, 0.05) is 19.6 Å². The fourth-order valence-electron chi connectivity index (χ4n) is 3.21. The van der Waals surface area contributed by atoms with E-state index in [1.54, 1.807) is 0 Å². The first-order valence-electron chi connectivity index (χ1n) is 8.48. The van der Waals surface area contributed by atoms with Crippen LogP contribution in [0.2, 0.25) is 0 Å². The Bertz CT molecular complexity index is 572. The summed E-state index contributed by atoms with van der Waals surface area (Å²) >= 11 is 0. The average Bonchev–Trinajstić information content (AvgIpc) is 3.06. The maximum Gasteiger partial charge on any atom is 0.322 e. The number of aromatic nitrogens is 1. The smallest absolute Gasteiger partial charge is 0.322 e. The zero-order chi connectivity index (χ0) is 16.4. The minimum Gasteiger partial charge on any atom is -0.375 e. The standard InChI is InChI=1S/C17H26N4O2/c1-12-15(6-7-16(18-12)20-8-4-5-9-20)19-17(22)21-10-11-23-14(3)13(21)2/h6-7,13-14H,4-5,8-11H2,1-3H3,(H,19,22)/t13-,14-/m0/s1. The molecule has 6 heteroatoms. The van der Waals surface area contributed by atoms with Crippen LogP contribution in [0.1, 0.15) is 32.4 Å². The van der Waals surface area contributed by atoms with Crippen molar-refractivity contribution >= 4 is 17.5 Å². The molecule has 2 aliphatic rings. The van der Waals surface area contributed by atoms with E-state index in [2.05, 4.69) is 15.2 Å². The van der Waals surface area contributed by atoms with Crippen LogP contribution >= 0.6 is 0 Å². The molecule has 0 spiro atoms. The third kappa shape index (κ3) is 3.42. The highest BCUT2D eigenvalue weighted by Gasteiger charge is 2.29. The fourth-order valence-corrected chi connectivity index (χ4v) is 3.21. The summed E-state index contributed by atoms with van der Waals surface area (Å²) in [4.78, 5) is 21.3. The zero-order valence-corrected chi connectivity index (χ0v) is 14.2. The van der Waals surface area contributed by atoms with E-state index in [1.165, 1.54) is 12.8 Å². The van der Waals surface area contributed by atoms with E-state index in [-0.39, 0.29) is 18.2 Å². The molecule has 2 fully saturated rings. The summed E-state index contributed by atoms with van der Waals surface area (Å²) in [5.74, 6) is 1.01. The lowest BCUT2D eigenvalue weighted by Gasteiger charge is -2.37. The van der Waals surface area contributed by atoms with Crippen LogP contribution in [0, 0.1) is 6.92 Å². The molecule has 2 aliphatic heterocycles. The highest BCUT2D eigenvalue weighted by Crippen LogP contribution is 2.23. The number of nitrogens with zero attached hydrogens (tertiary/aromatic N) is 3.